The minimum atomic E-state index is -0.0537. The molecule has 17 heavy (non-hydrogen) atoms. The summed E-state index contributed by atoms with van der Waals surface area (Å²) in [7, 11) is 0. The first kappa shape index (κ1) is 11.7. The number of carbonyl (C=O) groups excluding carboxylic acids is 1. The maximum atomic E-state index is 11.9. The van der Waals surface area contributed by atoms with Crippen molar-refractivity contribution in [2.45, 2.75) is 13.3 Å². The number of benzene rings is 1. The Bertz CT molecular complexity index is 480. The van der Waals surface area contributed by atoms with Gasteiger partial charge in [-0.3, -0.25) is 4.79 Å². The number of carbonyl (C=O) groups is 1. The van der Waals surface area contributed by atoms with Crippen molar-refractivity contribution >= 4 is 17.3 Å². The van der Waals surface area contributed by atoms with E-state index in [0.717, 1.165) is 23.7 Å². The number of hydrogen-bond donors (Lipinski definition) is 0. The minimum Gasteiger partial charge on any atom is -0.494 e. The van der Waals surface area contributed by atoms with Crippen LogP contribution in [-0.2, 0) is 0 Å². The van der Waals surface area contributed by atoms with Crippen molar-refractivity contribution in [3.63, 3.8) is 0 Å². The molecule has 1 aromatic carbocycles. The zero-order chi connectivity index (χ0) is 12.1. The molecule has 88 valence electrons. The van der Waals surface area contributed by atoms with Gasteiger partial charge in [-0.1, -0.05) is 11.4 Å². The van der Waals surface area contributed by atoms with E-state index in [2.05, 4.69) is 16.5 Å². The Morgan fingerprint density at radius 2 is 2.12 bits per heavy atom. The van der Waals surface area contributed by atoms with Gasteiger partial charge in [0.05, 0.1) is 12.8 Å². The topological polar surface area (TPSA) is 52.1 Å². The van der Waals surface area contributed by atoms with Crippen LogP contribution in [0.1, 0.15) is 28.6 Å². The first-order chi connectivity index (χ1) is 8.31. The fraction of sp³-hybridized carbons (Fsp3) is 0.250. The molecule has 4 nitrogen and oxygen atoms in total. The highest BCUT2D eigenvalue weighted by Crippen LogP contribution is 2.16. The van der Waals surface area contributed by atoms with Crippen LogP contribution in [-0.4, -0.2) is 22.0 Å². The van der Waals surface area contributed by atoms with Gasteiger partial charge in [-0.05, 0) is 42.2 Å². The van der Waals surface area contributed by atoms with Crippen LogP contribution in [0.2, 0.25) is 0 Å². The number of ketones is 1. The second-order valence-electron chi connectivity index (χ2n) is 3.48. The van der Waals surface area contributed by atoms with Crippen molar-refractivity contribution in [3.8, 4) is 5.75 Å². The van der Waals surface area contributed by atoms with E-state index in [1.165, 1.54) is 6.20 Å². The number of ether oxygens (including phenoxy) is 1. The normalized spacial score (nSPS) is 10.2. The molecule has 0 aliphatic rings. The van der Waals surface area contributed by atoms with E-state index in [-0.39, 0.29) is 5.78 Å². The Morgan fingerprint density at radius 1 is 1.35 bits per heavy atom. The lowest BCUT2D eigenvalue weighted by molar-refractivity contribution is 0.104. The molecule has 0 spiro atoms. The van der Waals surface area contributed by atoms with Gasteiger partial charge in [-0.15, -0.1) is 5.10 Å². The summed E-state index contributed by atoms with van der Waals surface area (Å²) in [6.07, 6.45) is 2.45. The summed E-state index contributed by atoms with van der Waals surface area (Å²) < 4.78 is 9.12. The van der Waals surface area contributed by atoms with Gasteiger partial charge in [0.2, 0.25) is 5.78 Å². The van der Waals surface area contributed by atoms with Crippen LogP contribution in [0.4, 0.5) is 0 Å². The Labute approximate surface area is 103 Å². The highest BCUT2D eigenvalue weighted by molar-refractivity contribution is 7.08. The van der Waals surface area contributed by atoms with Crippen molar-refractivity contribution in [3.05, 3.63) is 40.9 Å². The maximum Gasteiger partial charge on any atom is 0.206 e. The average Bonchev–Trinajstić information content (AvgIpc) is 2.90. The fourth-order valence-electron chi connectivity index (χ4n) is 1.33. The zero-order valence-corrected chi connectivity index (χ0v) is 10.2. The first-order valence-corrected chi connectivity index (χ1v) is 6.13. The molecule has 1 aromatic heterocycles. The molecule has 1 heterocycles. The quantitative estimate of drug-likeness (QED) is 0.763. The molecule has 0 aliphatic carbocycles. The van der Waals surface area contributed by atoms with Crippen molar-refractivity contribution in [1.82, 2.24) is 9.59 Å². The van der Waals surface area contributed by atoms with Crippen LogP contribution in [0.3, 0.4) is 0 Å². The van der Waals surface area contributed by atoms with Crippen LogP contribution < -0.4 is 4.74 Å². The molecule has 0 unspecified atom stereocenters. The van der Waals surface area contributed by atoms with E-state index >= 15 is 0 Å². The first-order valence-electron chi connectivity index (χ1n) is 5.36. The molecule has 2 rings (SSSR count). The summed E-state index contributed by atoms with van der Waals surface area (Å²) in [4.78, 5) is 12.5. The smallest absolute Gasteiger partial charge is 0.206 e. The lowest BCUT2D eigenvalue weighted by Gasteiger charge is -2.04. The van der Waals surface area contributed by atoms with Gasteiger partial charge in [0.25, 0.3) is 0 Å². The molecule has 0 bridgehead atoms. The molecule has 0 aliphatic heterocycles. The monoisotopic (exact) mass is 248 g/mol. The van der Waals surface area contributed by atoms with Crippen LogP contribution in [0.15, 0.2) is 30.5 Å². The van der Waals surface area contributed by atoms with Gasteiger partial charge in [-0.25, -0.2) is 0 Å². The van der Waals surface area contributed by atoms with E-state index in [1.54, 1.807) is 24.3 Å². The van der Waals surface area contributed by atoms with Gasteiger partial charge in [0, 0.05) is 5.56 Å². The van der Waals surface area contributed by atoms with E-state index in [0.29, 0.717) is 17.0 Å². The molecule has 0 N–H and O–H groups in total. The van der Waals surface area contributed by atoms with Crippen LogP contribution in [0.25, 0.3) is 0 Å². The zero-order valence-electron chi connectivity index (χ0n) is 9.42. The van der Waals surface area contributed by atoms with Crippen molar-refractivity contribution in [1.29, 1.82) is 0 Å². The van der Waals surface area contributed by atoms with Crippen molar-refractivity contribution < 1.29 is 9.53 Å². The summed E-state index contributed by atoms with van der Waals surface area (Å²) >= 11 is 1.10. The Morgan fingerprint density at radius 3 is 2.71 bits per heavy atom. The van der Waals surface area contributed by atoms with Crippen LogP contribution >= 0.6 is 11.5 Å². The number of aromatic nitrogens is 2. The van der Waals surface area contributed by atoms with Crippen LogP contribution in [0.5, 0.6) is 5.75 Å². The summed E-state index contributed by atoms with van der Waals surface area (Å²) in [6, 6.07) is 7.12. The Balaban J connectivity index is 2.10. The molecular formula is C12H12N2O2S. The molecule has 0 fully saturated rings. The summed E-state index contributed by atoms with van der Waals surface area (Å²) in [5, 5.41) is 3.65. The van der Waals surface area contributed by atoms with Gasteiger partial charge >= 0.3 is 0 Å². The van der Waals surface area contributed by atoms with Crippen molar-refractivity contribution in [2.24, 2.45) is 0 Å². The molecule has 0 radical (unpaired) electrons. The van der Waals surface area contributed by atoms with Crippen molar-refractivity contribution in [2.75, 3.05) is 6.61 Å². The summed E-state index contributed by atoms with van der Waals surface area (Å²) in [6.45, 7) is 2.74. The minimum absolute atomic E-state index is 0.0537. The van der Waals surface area contributed by atoms with Gasteiger partial charge in [0.1, 0.15) is 10.6 Å². The predicted octanol–water partition coefficient (Wildman–Crippen LogP) is 2.56. The third-order valence-corrected chi connectivity index (χ3v) is 2.84. The molecule has 0 saturated carbocycles. The van der Waals surface area contributed by atoms with E-state index < -0.39 is 0 Å². The van der Waals surface area contributed by atoms with Gasteiger partial charge in [-0.2, -0.15) is 0 Å². The van der Waals surface area contributed by atoms with E-state index in [4.69, 9.17) is 4.74 Å². The molecule has 0 saturated heterocycles. The molecular weight excluding hydrogens is 236 g/mol. The summed E-state index contributed by atoms with van der Waals surface area (Å²) in [5.41, 5.74) is 0.625. The highest BCUT2D eigenvalue weighted by atomic mass is 32.1. The predicted molar refractivity (Wildman–Crippen MR) is 65.6 cm³/mol. The molecule has 0 atom stereocenters. The Kier molecular flexibility index (Phi) is 3.82. The largest absolute Gasteiger partial charge is 0.494 e. The van der Waals surface area contributed by atoms with Gasteiger partial charge in [0.15, 0.2) is 0 Å². The molecule has 2 aromatic rings. The van der Waals surface area contributed by atoms with E-state index in [9.17, 15) is 4.79 Å². The second kappa shape index (κ2) is 5.54. The standard InChI is InChI=1S/C12H12N2O2S/c1-2-7-16-10-5-3-9(4-6-10)12(15)11-8-13-14-17-11/h3-6,8H,2,7H2,1H3. The van der Waals surface area contributed by atoms with E-state index in [1.807, 2.05) is 0 Å². The molecule has 0 amide bonds. The highest BCUT2D eigenvalue weighted by Gasteiger charge is 2.11. The van der Waals surface area contributed by atoms with Gasteiger partial charge < -0.3 is 4.74 Å². The lowest BCUT2D eigenvalue weighted by Crippen LogP contribution is -1.99. The maximum absolute atomic E-state index is 11.9. The number of hydrogen-bond acceptors (Lipinski definition) is 5. The SMILES string of the molecule is CCCOc1ccc(C(=O)c2cnns2)cc1. The Hall–Kier alpha value is -1.75. The average molecular weight is 248 g/mol. The fourth-order valence-corrected chi connectivity index (χ4v) is 1.81. The number of rotatable bonds is 5. The third-order valence-electron chi connectivity index (χ3n) is 2.17. The third kappa shape index (κ3) is 2.88. The van der Waals surface area contributed by atoms with Crippen LogP contribution in [0, 0.1) is 0 Å². The second-order valence-corrected chi connectivity index (χ2v) is 4.27. The summed E-state index contributed by atoms with van der Waals surface area (Å²) in [5.74, 6) is 0.730. The lowest BCUT2D eigenvalue weighted by atomic mass is 10.1. The number of nitrogens with zero attached hydrogens (tertiary/aromatic N) is 2. The molecule has 5 heteroatoms.